The molecule has 1 saturated heterocycles. The minimum absolute atomic E-state index is 0.00263. The van der Waals surface area contributed by atoms with Crippen LogP contribution in [-0.2, 0) is 20.9 Å². The summed E-state index contributed by atoms with van der Waals surface area (Å²) in [6, 6.07) is 23.0. The van der Waals surface area contributed by atoms with Gasteiger partial charge in [0.2, 0.25) is 17.8 Å². The number of nitrogens with zero attached hydrogens (tertiary/aromatic N) is 4. The van der Waals surface area contributed by atoms with Crippen molar-refractivity contribution in [3.63, 3.8) is 0 Å². The Hall–Kier alpha value is -4.87. The van der Waals surface area contributed by atoms with Gasteiger partial charge in [-0.25, -0.2) is 14.4 Å². The van der Waals surface area contributed by atoms with E-state index in [-0.39, 0.29) is 24.9 Å². The van der Waals surface area contributed by atoms with Crippen molar-refractivity contribution in [2.45, 2.75) is 12.6 Å². The van der Waals surface area contributed by atoms with E-state index in [1.54, 1.807) is 42.7 Å². The average molecular weight is 585 g/mol. The SMILES string of the molecule is O=C(CN1CCN(c2ncccn2)CC1)N[C@@H](COCc1ccccc1)C(=O)Nc1ccc(Oc2ccc(F)cc2)cc1. The van der Waals surface area contributed by atoms with Gasteiger partial charge >= 0.3 is 0 Å². The molecule has 1 aromatic heterocycles. The van der Waals surface area contributed by atoms with Crippen LogP contribution in [-0.4, -0.2) is 72.1 Å². The number of halogens is 1. The molecule has 2 N–H and O–H groups in total. The Balaban J connectivity index is 1.16. The molecule has 3 aromatic carbocycles. The number of rotatable bonds is 12. The van der Waals surface area contributed by atoms with Crippen molar-refractivity contribution in [2.24, 2.45) is 0 Å². The number of hydrogen-bond acceptors (Lipinski definition) is 8. The molecular weight excluding hydrogens is 551 g/mol. The second-order valence-electron chi connectivity index (χ2n) is 10.0. The Kier molecular flexibility index (Phi) is 10.2. The van der Waals surface area contributed by atoms with E-state index in [2.05, 4.69) is 25.5 Å². The first-order valence-corrected chi connectivity index (χ1v) is 14.0. The summed E-state index contributed by atoms with van der Waals surface area (Å²) < 4.78 is 24.7. The van der Waals surface area contributed by atoms with Gasteiger partial charge in [-0.3, -0.25) is 14.5 Å². The summed E-state index contributed by atoms with van der Waals surface area (Å²) in [5.41, 5.74) is 1.49. The average Bonchev–Trinajstić information content (AvgIpc) is 3.04. The predicted molar refractivity (Wildman–Crippen MR) is 160 cm³/mol. The fraction of sp³-hybridized carbons (Fsp3) is 0.250. The molecule has 0 aliphatic carbocycles. The summed E-state index contributed by atoms with van der Waals surface area (Å²) >= 11 is 0. The molecule has 10 nitrogen and oxygen atoms in total. The molecule has 0 saturated carbocycles. The fourth-order valence-electron chi connectivity index (χ4n) is 4.53. The second kappa shape index (κ2) is 14.9. The smallest absolute Gasteiger partial charge is 0.249 e. The van der Waals surface area contributed by atoms with E-state index in [0.29, 0.717) is 55.9 Å². The highest BCUT2D eigenvalue weighted by molar-refractivity contribution is 5.97. The number of piperazine rings is 1. The van der Waals surface area contributed by atoms with Crippen LogP contribution in [0.4, 0.5) is 16.0 Å². The highest BCUT2D eigenvalue weighted by Crippen LogP contribution is 2.23. The number of carbonyl (C=O) groups is 2. The molecule has 43 heavy (non-hydrogen) atoms. The van der Waals surface area contributed by atoms with E-state index < -0.39 is 11.9 Å². The van der Waals surface area contributed by atoms with E-state index in [1.807, 2.05) is 35.2 Å². The molecule has 0 unspecified atom stereocenters. The van der Waals surface area contributed by atoms with Gasteiger partial charge in [0.15, 0.2) is 0 Å². The minimum atomic E-state index is -0.912. The highest BCUT2D eigenvalue weighted by Gasteiger charge is 2.25. The summed E-state index contributed by atoms with van der Waals surface area (Å²) in [6.07, 6.45) is 3.42. The Bertz CT molecular complexity index is 1450. The lowest BCUT2D eigenvalue weighted by Crippen LogP contribution is -2.53. The Morgan fingerprint density at radius 3 is 2.16 bits per heavy atom. The van der Waals surface area contributed by atoms with Crippen molar-refractivity contribution in [3.05, 3.63) is 109 Å². The number of amides is 2. The van der Waals surface area contributed by atoms with Crippen molar-refractivity contribution in [2.75, 3.05) is 49.5 Å². The summed E-state index contributed by atoms with van der Waals surface area (Å²) in [4.78, 5) is 39.0. The van der Waals surface area contributed by atoms with Gasteiger partial charge in [0.05, 0.1) is 19.8 Å². The first-order valence-electron chi connectivity index (χ1n) is 14.0. The number of ether oxygens (including phenoxy) is 2. The first kappa shape index (κ1) is 29.6. The minimum Gasteiger partial charge on any atom is -0.457 e. The molecule has 2 amide bonds. The Morgan fingerprint density at radius 2 is 1.49 bits per heavy atom. The quantitative estimate of drug-likeness (QED) is 0.258. The molecule has 0 bridgehead atoms. The summed E-state index contributed by atoms with van der Waals surface area (Å²) in [5.74, 6) is 0.677. The van der Waals surface area contributed by atoms with Crippen LogP contribution in [0.2, 0.25) is 0 Å². The van der Waals surface area contributed by atoms with Crippen LogP contribution in [0, 0.1) is 5.82 Å². The number of anilines is 2. The molecule has 4 aromatic rings. The molecule has 2 heterocycles. The Labute approximate surface area is 249 Å². The van der Waals surface area contributed by atoms with Crippen LogP contribution in [0.3, 0.4) is 0 Å². The zero-order valence-electron chi connectivity index (χ0n) is 23.6. The number of nitrogens with one attached hydrogen (secondary N) is 2. The van der Waals surface area contributed by atoms with Crippen LogP contribution < -0.4 is 20.3 Å². The maximum Gasteiger partial charge on any atom is 0.249 e. The van der Waals surface area contributed by atoms with Crippen molar-refractivity contribution in [3.8, 4) is 11.5 Å². The van der Waals surface area contributed by atoms with Gasteiger partial charge in [0, 0.05) is 44.3 Å². The third kappa shape index (κ3) is 9.06. The zero-order valence-corrected chi connectivity index (χ0v) is 23.6. The van der Waals surface area contributed by atoms with Crippen molar-refractivity contribution >= 4 is 23.5 Å². The van der Waals surface area contributed by atoms with E-state index in [0.717, 1.165) is 5.56 Å². The largest absolute Gasteiger partial charge is 0.457 e. The van der Waals surface area contributed by atoms with Gasteiger partial charge < -0.3 is 25.0 Å². The third-order valence-electron chi connectivity index (χ3n) is 6.79. The molecule has 1 atom stereocenters. The van der Waals surface area contributed by atoms with Crippen LogP contribution in [0.25, 0.3) is 0 Å². The standard InChI is InChI=1S/C32H33FN6O4/c33-25-7-11-27(12-8-25)43-28-13-9-26(10-14-28)36-31(41)29(23-42-22-24-5-2-1-3-6-24)37-30(40)21-38-17-19-39(20-18-38)32-34-15-4-16-35-32/h1-16,29H,17-23H2,(H,36,41)(H,37,40)/t29-/m0/s1. The predicted octanol–water partition coefficient (Wildman–Crippen LogP) is 3.87. The molecule has 0 spiro atoms. The van der Waals surface area contributed by atoms with Gasteiger partial charge in [0.25, 0.3) is 0 Å². The lowest BCUT2D eigenvalue weighted by molar-refractivity contribution is -0.128. The van der Waals surface area contributed by atoms with Crippen LogP contribution in [0.15, 0.2) is 97.3 Å². The maximum absolute atomic E-state index is 13.3. The molecule has 222 valence electrons. The number of carbonyl (C=O) groups excluding carboxylic acids is 2. The maximum atomic E-state index is 13.3. The second-order valence-corrected chi connectivity index (χ2v) is 10.0. The Morgan fingerprint density at radius 1 is 0.837 bits per heavy atom. The number of hydrogen-bond donors (Lipinski definition) is 2. The van der Waals surface area contributed by atoms with Crippen LogP contribution in [0.1, 0.15) is 5.56 Å². The van der Waals surface area contributed by atoms with Gasteiger partial charge in [-0.2, -0.15) is 0 Å². The monoisotopic (exact) mass is 584 g/mol. The van der Waals surface area contributed by atoms with E-state index in [4.69, 9.17) is 9.47 Å². The van der Waals surface area contributed by atoms with Crippen LogP contribution >= 0.6 is 0 Å². The summed E-state index contributed by atoms with van der Waals surface area (Å²) in [6.45, 7) is 3.18. The van der Waals surface area contributed by atoms with Gasteiger partial charge in [-0.05, 0) is 60.2 Å². The summed E-state index contributed by atoms with van der Waals surface area (Å²) in [7, 11) is 0. The van der Waals surface area contributed by atoms with Crippen molar-refractivity contribution < 1.29 is 23.5 Å². The molecule has 1 aliphatic rings. The first-order chi connectivity index (χ1) is 21.0. The molecule has 0 radical (unpaired) electrons. The molecule has 1 fully saturated rings. The number of aromatic nitrogens is 2. The van der Waals surface area contributed by atoms with Crippen molar-refractivity contribution in [1.29, 1.82) is 0 Å². The highest BCUT2D eigenvalue weighted by atomic mass is 19.1. The lowest BCUT2D eigenvalue weighted by atomic mass is 10.2. The fourth-order valence-corrected chi connectivity index (χ4v) is 4.53. The van der Waals surface area contributed by atoms with Crippen molar-refractivity contribution in [1.82, 2.24) is 20.2 Å². The lowest BCUT2D eigenvalue weighted by Gasteiger charge is -2.34. The number of benzene rings is 3. The zero-order chi connectivity index (χ0) is 29.9. The molecule has 5 rings (SSSR count). The molecule has 1 aliphatic heterocycles. The van der Waals surface area contributed by atoms with Gasteiger partial charge in [-0.15, -0.1) is 0 Å². The molecule has 11 heteroatoms. The topological polar surface area (TPSA) is 109 Å². The normalized spacial score (nSPS) is 14.1. The third-order valence-corrected chi connectivity index (χ3v) is 6.79. The van der Waals surface area contributed by atoms with Gasteiger partial charge in [0.1, 0.15) is 23.4 Å². The van der Waals surface area contributed by atoms with Gasteiger partial charge in [-0.1, -0.05) is 30.3 Å². The summed E-state index contributed by atoms with van der Waals surface area (Å²) in [5, 5.41) is 5.70. The van der Waals surface area contributed by atoms with Crippen LogP contribution in [0.5, 0.6) is 11.5 Å². The van der Waals surface area contributed by atoms with E-state index in [1.165, 1.54) is 24.3 Å². The van der Waals surface area contributed by atoms with E-state index in [9.17, 15) is 14.0 Å². The van der Waals surface area contributed by atoms with E-state index >= 15 is 0 Å². The molecular formula is C32H33FN6O4.